The van der Waals surface area contributed by atoms with Crippen molar-refractivity contribution >= 4 is 41.9 Å². The van der Waals surface area contributed by atoms with Crippen LogP contribution in [0.4, 0.5) is 0 Å². The van der Waals surface area contributed by atoms with Gasteiger partial charge in [-0.25, -0.2) is 13.1 Å². The molecule has 0 radical (unpaired) electrons. The summed E-state index contributed by atoms with van der Waals surface area (Å²) < 4.78 is 31.0. The predicted octanol–water partition coefficient (Wildman–Crippen LogP) is 3.93. The lowest BCUT2D eigenvalue weighted by molar-refractivity contribution is 0.580. The molecule has 130 valence electrons. The predicted molar refractivity (Wildman–Crippen MR) is 104 cm³/mol. The van der Waals surface area contributed by atoms with E-state index >= 15 is 0 Å². The lowest BCUT2D eigenvalue weighted by Crippen LogP contribution is -2.24. The van der Waals surface area contributed by atoms with Crippen LogP contribution in [0, 0.1) is 0 Å². The number of benzene rings is 2. The molecule has 3 rings (SSSR count). The van der Waals surface area contributed by atoms with E-state index < -0.39 is 10.0 Å². The highest BCUT2D eigenvalue weighted by Crippen LogP contribution is 2.25. The second kappa shape index (κ2) is 7.82. The largest absolute Gasteiger partial charge is 0.268 e. The van der Waals surface area contributed by atoms with Crippen LogP contribution in [0.5, 0.6) is 0 Å². The SMILES string of the molecule is O=S(=O)(NCc1ccccc1Cn1cccn1)c1cc(Br)ccc1Br. The first-order chi connectivity index (χ1) is 12.0. The standard InChI is InChI=1S/C17H15Br2N3O2S/c18-15-6-7-16(19)17(10-15)25(23,24)21-11-13-4-1-2-5-14(13)12-22-9-3-8-20-22/h1-10,21H,11-12H2. The van der Waals surface area contributed by atoms with Gasteiger partial charge in [0.1, 0.15) is 0 Å². The fourth-order valence-corrected chi connectivity index (χ4v) is 4.89. The van der Waals surface area contributed by atoms with Crippen molar-refractivity contribution in [3.8, 4) is 0 Å². The average Bonchev–Trinajstić information content (AvgIpc) is 3.09. The van der Waals surface area contributed by atoms with Crippen molar-refractivity contribution in [2.75, 3.05) is 0 Å². The highest BCUT2D eigenvalue weighted by Gasteiger charge is 2.18. The van der Waals surface area contributed by atoms with Gasteiger partial charge < -0.3 is 0 Å². The first kappa shape index (κ1) is 18.3. The maximum Gasteiger partial charge on any atom is 0.242 e. The van der Waals surface area contributed by atoms with Crippen molar-refractivity contribution in [3.63, 3.8) is 0 Å². The van der Waals surface area contributed by atoms with E-state index in [1.807, 2.05) is 36.5 Å². The van der Waals surface area contributed by atoms with E-state index in [2.05, 4.69) is 41.7 Å². The van der Waals surface area contributed by atoms with Gasteiger partial charge in [0.05, 0.1) is 11.4 Å². The third-order valence-corrected chi connectivity index (χ3v) is 6.53. The molecule has 0 saturated heterocycles. The molecular formula is C17H15Br2N3O2S. The van der Waals surface area contributed by atoms with Gasteiger partial charge in [-0.15, -0.1) is 0 Å². The Labute approximate surface area is 163 Å². The van der Waals surface area contributed by atoms with Crippen molar-refractivity contribution in [1.29, 1.82) is 0 Å². The molecule has 1 aromatic heterocycles. The minimum atomic E-state index is -3.64. The summed E-state index contributed by atoms with van der Waals surface area (Å²) in [6.07, 6.45) is 3.59. The topological polar surface area (TPSA) is 64.0 Å². The van der Waals surface area contributed by atoms with Crippen LogP contribution < -0.4 is 4.72 Å². The third-order valence-electron chi connectivity index (χ3n) is 3.65. The Kier molecular flexibility index (Phi) is 5.73. The van der Waals surface area contributed by atoms with Gasteiger partial charge >= 0.3 is 0 Å². The lowest BCUT2D eigenvalue weighted by Gasteiger charge is -2.12. The fourth-order valence-electron chi connectivity index (χ4n) is 2.39. The fraction of sp³-hybridized carbons (Fsp3) is 0.118. The van der Waals surface area contributed by atoms with Crippen molar-refractivity contribution < 1.29 is 8.42 Å². The maximum atomic E-state index is 12.6. The van der Waals surface area contributed by atoms with Crippen LogP contribution in [0.3, 0.4) is 0 Å². The van der Waals surface area contributed by atoms with E-state index in [0.29, 0.717) is 15.5 Å². The van der Waals surface area contributed by atoms with Crippen molar-refractivity contribution in [2.45, 2.75) is 18.0 Å². The molecule has 0 bridgehead atoms. The Hall–Kier alpha value is -1.48. The van der Waals surface area contributed by atoms with Crippen LogP contribution in [0.1, 0.15) is 11.1 Å². The Balaban J connectivity index is 1.80. The molecule has 8 heteroatoms. The molecule has 0 aliphatic heterocycles. The van der Waals surface area contributed by atoms with Gasteiger partial charge in [-0.1, -0.05) is 40.2 Å². The molecule has 0 unspecified atom stereocenters. The third kappa shape index (κ3) is 4.58. The molecule has 0 aliphatic rings. The zero-order valence-corrected chi connectivity index (χ0v) is 17.1. The molecule has 2 aromatic carbocycles. The highest BCUT2D eigenvalue weighted by atomic mass is 79.9. The molecule has 1 N–H and O–H groups in total. The minimum absolute atomic E-state index is 0.200. The summed E-state index contributed by atoms with van der Waals surface area (Å²) in [5.41, 5.74) is 1.93. The van der Waals surface area contributed by atoms with Gasteiger partial charge in [0.25, 0.3) is 0 Å². The summed E-state index contributed by atoms with van der Waals surface area (Å²) in [5, 5.41) is 4.20. The zero-order valence-electron chi connectivity index (χ0n) is 13.1. The number of halogens is 2. The van der Waals surface area contributed by atoms with E-state index in [9.17, 15) is 8.42 Å². The molecule has 3 aromatic rings. The van der Waals surface area contributed by atoms with Crippen LogP contribution in [0.2, 0.25) is 0 Å². The van der Waals surface area contributed by atoms with Crippen LogP contribution in [0.25, 0.3) is 0 Å². The Morgan fingerprint density at radius 3 is 2.52 bits per heavy atom. The van der Waals surface area contributed by atoms with Gasteiger partial charge in [0.2, 0.25) is 10.0 Å². The van der Waals surface area contributed by atoms with E-state index in [1.54, 1.807) is 29.1 Å². The van der Waals surface area contributed by atoms with Gasteiger partial charge in [-0.05, 0) is 51.3 Å². The monoisotopic (exact) mass is 483 g/mol. The second-order valence-corrected chi connectivity index (χ2v) is 8.88. The first-order valence-corrected chi connectivity index (χ1v) is 10.5. The molecular weight excluding hydrogens is 470 g/mol. The molecule has 0 saturated carbocycles. The van der Waals surface area contributed by atoms with Gasteiger partial charge in [0.15, 0.2) is 0 Å². The number of hydrogen-bond donors (Lipinski definition) is 1. The molecule has 25 heavy (non-hydrogen) atoms. The Morgan fingerprint density at radius 2 is 1.80 bits per heavy atom. The number of aromatic nitrogens is 2. The minimum Gasteiger partial charge on any atom is -0.268 e. The van der Waals surface area contributed by atoms with Crippen molar-refractivity contribution in [2.24, 2.45) is 0 Å². The molecule has 1 heterocycles. The number of nitrogens with zero attached hydrogens (tertiary/aromatic N) is 2. The molecule has 0 spiro atoms. The zero-order chi connectivity index (χ0) is 17.9. The number of nitrogens with one attached hydrogen (secondary N) is 1. The number of sulfonamides is 1. The molecule has 0 amide bonds. The van der Waals surface area contributed by atoms with E-state index in [1.165, 1.54) is 0 Å². The first-order valence-electron chi connectivity index (χ1n) is 7.44. The van der Waals surface area contributed by atoms with E-state index in [4.69, 9.17) is 0 Å². The molecule has 0 atom stereocenters. The van der Waals surface area contributed by atoms with Gasteiger partial charge in [0, 0.05) is 27.9 Å². The van der Waals surface area contributed by atoms with E-state index in [0.717, 1.165) is 11.1 Å². The van der Waals surface area contributed by atoms with Crippen molar-refractivity contribution in [3.05, 3.63) is 81.0 Å². The summed E-state index contributed by atoms with van der Waals surface area (Å²) in [7, 11) is -3.64. The summed E-state index contributed by atoms with van der Waals surface area (Å²) in [6, 6.07) is 14.6. The number of hydrogen-bond acceptors (Lipinski definition) is 3. The van der Waals surface area contributed by atoms with Gasteiger partial charge in [-0.2, -0.15) is 5.10 Å². The van der Waals surface area contributed by atoms with Crippen LogP contribution in [-0.2, 0) is 23.1 Å². The highest BCUT2D eigenvalue weighted by molar-refractivity contribution is 9.11. The summed E-state index contributed by atoms with van der Waals surface area (Å²) >= 11 is 6.60. The molecule has 0 fully saturated rings. The number of rotatable bonds is 6. The summed E-state index contributed by atoms with van der Waals surface area (Å²) in [4.78, 5) is 0.200. The van der Waals surface area contributed by atoms with E-state index in [-0.39, 0.29) is 11.4 Å². The maximum absolute atomic E-state index is 12.6. The average molecular weight is 485 g/mol. The Bertz CT molecular complexity index is 973. The van der Waals surface area contributed by atoms with Crippen molar-refractivity contribution in [1.82, 2.24) is 14.5 Å². The normalized spacial score (nSPS) is 11.6. The summed E-state index contributed by atoms with van der Waals surface area (Å²) in [6.45, 7) is 0.796. The lowest BCUT2D eigenvalue weighted by atomic mass is 10.1. The van der Waals surface area contributed by atoms with Crippen LogP contribution in [0.15, 0.2) is 74.8 Å². The van der Waals surface area contributed by atoms with Gasteiger partial charge in [-0.3, -0.25) is 4.68 Å². The molecule has 0 aliphatic carbocycles. The second-order valence-electron chi connectivity index (χ2n) is 5.37. The summed E-state index contributed by atoms with van der Waals surface area (Å²) in [5.74, 6) is 0. The molecule has 5 nitrogen and oxygen atoms in total. The Morgan fingerprint density at radius 1 is 1.04 bits per heavy atom. The van der Waals surface area contributed by atoms with Crippen LogP contribution >= 0.6 is 31.9 Å². The van der Waals surface area contributed by atoms with Crippen LogP contribution in [-0.4, -0.2) is 18.2 Å². The quantitative estimate of drug-likeness (QED) is 0.576. The smallest absolute Gasteiger partial charge is 0.242 e.